The molecule has 0 bridgehead atoms. The number of aromatic nitrogens is 1. The van der Waals surface area contributed by atoms with Crippen molar-refractivity contribution in [1.82, 2.24) is 9.88 Å². The highest BCUT2D eigenvalue weighted by atomic mass is 19.4. The third-order valence-electron chi connectivity index (χ3n) is 2.68. The molecule has 0 spiro atoms. The SMILES string of the molecule is Cc1cnc([C@@H]2CCCN2C(=O)C(F)(F)F)o1. The zero-order valence-corrected chi connectivity index (χ0v) is 9.12. The maximum Gasteiger partial charge on any atom is 0.471 e. The molecule has 1 aromatic heterocycles. The normalized spacial score (nSPS) is 20.9. The standard InChI is InChI=1S/C10H11F3N2O2/c1-6-5-14-8(17-6)7-3-2-4-15(7)9(16)10(11,12)13/h5,7H,2-4H2,1H3/t7-/m0/s1. The van der Waals surface area contributed by atoms with Gasteiger partial charge in [0.15, 0.2) is 0 Å². The minimum absolute atomic E-state index is 0.0877. The molecule has 0 radical (unpaired) electrons. The largest absolute Gasteiger partial charge is 0.471 e. The zero-order valence-electron chi connectivity index (χ0n) is 9.12. The lowest BCUT2D eigenvalue weighted by atomic mass is 10.2. The lowest BCUT2D eigenvalue weighted by molar-refractivity contribution is -0.186. The average molecular weight is 248 g/mol. The fourth-order valence-corrected chi connectivity index (χ4v) is 1.96. The summed E-state index contributed by atoms with van der Waals surface area (Å²) in [6.45, 7) is 1.74. The Labute approximate surface area is 95.4 Å². The van der Waals surface area contributed by atoms with Gasteiger partial charge in [0.05, 0.1) is 6.20 Å². The fourth-order valence-electron chi connectivity index (χ4n) is 1.96. The Bertz CT molecular complexity index is 427. The van der Waals surface area contributed by atoms with Gasteiger partial charge in [-0.1, -0.05) is 0 Å². The van der Waals surface area contributed by atoms with E-state index in [0.29, 0.717) is 18.6 Å². The van der Waals surface area contributed by atoms with E-state index in [1.54, 1.807) is 6.92 Å². The summed E-state index contributed by atoms with van der Waals surface area (Å²) in [5.74, 6) is -1.13. The highest BCUT2D eigenvalue weighted by Crippen LogP contribution is 2.34. The quantitative estimate of drug-likeness (QED) is 0.765. The van der Waals surface area contributed by atoms with Gasteiger partial charge in [-0.3, -0.25) is 4.79 Å². The molecule has 2 heterocycles. The summed E-state index contributed by atoms with van der Waals surface area (Å²) in [5, 5.41) is 0. The topological polar surface area (TPSA) is 46.3 Å². The van der Waals surface area contributed by atoms with Crippen molar-refractivity contribution >= 4 is 5.91 Å². The van der Waals surface area contributed by atoms with E-state index in [9.17, 15) is 18.0 Å². The van der Waals surface area contributed by atoms with Gasteiger partial charge in [-0.2, -0.15) is 13.2 Å². The molecule has 0 aliphatic carbocycles. The summed E-state index contributed by atoms with van der Waals surface area (Å²) in [6.07, 6.45) is -2.44. The van der Waals surface area contributed by atoms with E-state index < -0.39 is 18.1 Å². The van der Waals surface area contributed by atoms with Gasteiger partial charge in [0.25, 0.3) is 0 Å². The Morgan fingerprint density at radius 3 is 2.82 bits per heavy atom. The van der Waals surface area contributed by atoms with E-state index in [-0.39, 0.29) is 12.4 Å². The molecular weight excluding hydrogens is 237 g/mol. The van der Waals surface area contributed by atoms with Crippen molar-refractivity contribution in [3.05, 3.63) is 17.8 Å². The molecular formula is C10H11F3N2O2. The van der Waals surface area contributed by atoms with Crippen LogP contribution in [-0.2, 0) is 4.79 Å². The van der Waals surface area contributed by atoms with Gasteiger partial charge in [-0.25, -0.2) is 4.98 Å². The monoisotopic (exact) mass is 248 g/mol. The second-order valence-electron chi connectivity index (χ2n) is 3.96. The van der Waals surface area contributed by atoms with Crippen LogP contribution >= 0.6 is 0 Å². The number of nitrogens with zero attached hydrogens (tertiary/aromatic N) is 2. The number of hydrogen-bond donors (Lipinski definition) is 0. The number of amides is 1. The van der Waals surface area contributed by atoms with Gasteiger partial charge < -0.3 is 9.32 Å². The molecule has 1 saturated heterocycles. The summed E-state index contributed by atoms with van der Waals surface area (Å²) in [5.41, 5.74) is 0. The van der Waals surface area contributed by atoms with Gasteiger partial charge in [0.2, 0.25) is 5.89 Å². The minimum Gasteiger partial charge on any atom is -0.444 e. The van der Waals surface area contributed by atoms with Crippen molar-refractivity contribution in [2.45, 2.75) is 32.0 Å². The number of oxazole rings is 1. The van der Waals surface area contributed by atoms with E-state index in [4.69, 9.17) is 4.42 Å². The highest BCUT2D eigenvalue weighted by molar-refractivity contribution is 5.82. The Kier molecular flexibility index (Phi) is 2.84. The van der Waals surface area contributed by atoms with Crippen LogP contribution in [0.25, 0.3) is 0 Å². The molecule has 1 amide bonds. The van der Waals surface area contributed by atoms with Gasteiger partial charge in [-0.15, -0.1) is 0 Å². The Morgan fingerprint density at radius 1 is 1.59 bits per heavy atom. The van der Waals surface area contributed by atoms with Gasteiger partial charge in [0, 0.05) is 6.54 Å². The molecule has 1 fully saturated rings. The van der Waals surface area contributed by atoms with Crippen LogP contribution in [0.3, 0.4) is 0 Å². The molecule has 7 heteroatoms. The highest BCUT2D eigenvalue weighted by Gasteiger charge is 2.47. The van der Waals surface area contributed by atoms with E-state index in [1.165, 1.54) is 6.20 Å². The smallest absolute Gasteiger partial charge is 0.444 e. The van der Waals surface area contributed by atoms with Gasteiger partial charge >= 0.3 is 12.1 Å². The zero-order chi connectivity index (χ0) is 12.6. The second kappa shape index (κ2) is 4.05. The number of carbonyl (C=O) groups is 1. The Balaban J connectivity index is 2.21. The molecule has 0 aromatic carbocycles. The van der Waals surface area contributed by atoms with Gasteiger partial charge in [0.1, 0.15) is 11.8 Å². The van der Waals surface area contributed by atoms with Crippen molar-refractivity contribution in [1.29, 1.82) is 0 Å². The third kappa shape index (κ3) is 2.27. The van der Waals surface area contributed by atoms with Crippen LogP contribution in [-0.4, -0.2) is 28.5 Å². The maximum atomic E-state index is 12.4. The van der Waals surface area contributed by atoms with Crippen LogP contribution < -0.4 is 0 Å². The van der Waals surface area contributed by atoms with Gasteiger partial charge in [-0.05, 0) is 19.8 Å². The number of rotatable bonds is 1. The second-order valence-corrected chi connectivity index (χ2v) is 3.96. The molecule has 4 nitrogen and oxygen atoms in total. The number of halogens is 3. The first kappa shape index (κ1) is 11.9. The van der Waals surface area contributed by atoms with Crippen LogP contribution in [0.1, 0.15) is 30.5 Å². The molecule has 1 aliphatic rings. The van der Waals surface area contributed by atoms with Crippen LogP contribution in [0.5, 0.6) is 0 Å². The van der Waals surface area contributed by atoms with E-state index in [2.05, 4.69) is 4.98 Å². The fraction of sp³-hybridized carbons (Fsp3) is 0.600. The summed E-state index contributed by atoms with van der Waals surface area (Å²) in [6, 6.07) is -0.696. The van der Waals surface area contributed by atoms with Crippen molar-refractivity contribution in [2.75, 3.05) is 6.54 Å². The molecule has 1 atom stereocenters. The maximum absolute atomic E-state index is 12.4. The first-order valence-electron chi connectivity index (χ1n) is 5.19. The predicted molar refractivity (Wildman–Crippen MR) is 51.0 cm³/mol. The number of hydrogen-bond acceptors (Lipinski definition) is 3. The first-order chi connectivity index (χ1) is 7.89. The van der Waals surface area contributed by atoms with Crippen molar-refractivity contribution in [2.24, 2.45) is 0 Å². The molecule has 0 saturated carbocycles. The molecule has 2 rings (SSSR count). The summed E-state index contributed by atoms with van der Waals surface area (Å²) in [4.78, 5) is 15.9. The number of alkyl halides is 3. The van der Waals surface area contributed by atoms with E-state index in [0.717, 1.165) is 4.90 Å². The third-order valence-corrected chi connectivity index (χ3v) is 2.68. The summed E-state index contributed by atoms with van der Waals surface area (Å²) < 4.78 is 42.2. The Morgan fingerprint density at radius 2 is 2.29 bits per heavy atom. The van der Waals surface area contributed by atoms with Crippen molar-refractivity contribution < 1.29 is 22.4 Å². The predicted octanol–water partition coefficient (Wildman–Crippen LogP) is 2.21. The van der Waals surface area contributed by atoms with E-state index in [1.807, 2.05) is 0 Å². The molecule has 1 aliphatic heterocycles. The number of aryl methyl sites for hydroxylation is 1. The number of carbonyl (C=O) groups excluding carboxylic acids is 1. The van der Waals surface area contributed by atoms with E-state index >= 15 is 0 Å². The van der Waals surface area contributed by atoms with Crippen LogP contribution in [0.15, 0.2) is 10.6 Å². The molecule has 0 N–H and O–H groups in total. The number of likely N-dealkylation sites (tertiary alicyclic amines) is 1. The van der Waals surface area contributed by atoms with Crippen LogP contribution in [0.4, 0.5) is 13.2 Å². The van der Waals surface area contributed by atoms with Crippen LogP contribution in [0, 0.1) is 6.92 Å². The summed E-state index contributed by atoms with van der Waals surface area (Å²) >= 11 is 0. The van der Waals surface area contributed by atoms with Crippen molar-refractivity contribution in [3.8, 4) is 0 Å². The molecule has 17 heavy (non-hydrogen) atoms. The lowest BCUT2D eigenvalue weighted by Gasteiger charge is -2.23. The minimum atomic E-state index is -4.84. The summed E-state index contributed by atoms with van der Waals surface area (Å²) in [7, 11) is 0. The molecule has 1 aromatic rings. The first-order valence-corrected chi connectivity index (χ1v) is 5.19. The average Bonchev–Trinajstić information content (AvgIpc) is 2.82. The Hall–Kier alpha value is -1.53. The molecule has 94 valence electrons. The molecule has 0 unspecified atom stereocenters. The lowest BCUT2D eigenvalue weighted by Crippen LogP contribution is -2.40. The van der Waals surface area contributed by atoms with Crippen molar-refractivity contribution in [3.63, 3.8) is 0 Å². The van der Waals surface area contributed by atoms with Crippen LogP contribution in [0.2, 0.25) is 0 Å².